The van der Waals surface area contributed by atoms with Gasteiger partial charge in [-0.1, -0.05) is 42.4 Å². The molecule has 13 heteroatoms. The molecule has 4 aromatic rings. The number of ether oxygens (including phenoxy) is 1. The molecule has 1 aliphatic heterocycles. The Morgan fingerprint density at radius 2 is 1.76 bits per heavy atom. The number of nitrogens with one attached hydrogen (secondary N) is 3. The Kier molecular flexibility index (Phi) is 10.8. The fourth-order valence-electron chi connectivity index (χ4n) is 5.74. The molecule has 0 unspecified atom stereocenters. The number of aliphatic hydroxyl groups is 1. The van der Waals surface area contributed by atoms with E-state index in [9.17, 15) is 19.5 Å². The molecule has 6 N–H and O–H groups in total. The number of aryl methyl sites for hydroxylation is 2. The van der Waals surface area contributed by atoms with E-state index >= 15 is 0 Å². The zero-order valence-electron chi connectivity index (χ0n) is 28.3. The van der Waals surface area contributed by atoms with Crippen molar-refractivity contribution in [3.8, 4) is 5.75 Å². The van der Waals surface area contributed by atoms with Crippen molar-refractivity contribution < 1.29 is 28.8 Å². The van der Waals surface area contributed by atoms with Crippen LogP contribution in [0.15, 0.2) is 71.3 Å². The van der Waals surface area contributed by atoms with Gasteiger partial charge in [0.2, 0.25) is 0 Å². The topological polar surface area (TPSA) is 175 Å². The number of likely N-dealkylation sites (N-methyl/N-ethyl adjacent to an activating group) is 1. The summed E-state index contributed by atoms with van der Waals surface area (Å²) in [6.07, 6.45) is -0.403. The molecule has 4 amide bonds. The minimum atomic E-state index is -0.549. The lowest BCUT2D eigenvalue weighted by atomic mass is 9.98. The first-order chi connectivity index (χ1) is 23.4. The van der Waals surface area contributed by atoms with Gasteiger partial charge in [-0.25, -0.2) is 4.79 Å². The SMILES string of the molecule is Cc1noc(C)c1NC(=O)Nc1cccc2c1O[C@H](CN(C)Cc1ccc(C(=O)Nc3ccccc3N)cc1)[C@@H](C)CN([C@@H](C)CO)C2=O. The van der Waals surface area contributed by atoms with Crippen molar-refractivity contribution in [2.24, 2.45) is 5.92 Å². The Morgan fingerprint density at radius 1 is 1.04 bits per heavy atom. The Labute approximate surface area is 285 Å². The first kappa shape index (κ1) is 34.9. The van der Waals surface area contributed by atoms with E-state index in [1.807, 2.05) is 32.2 Å². The molecule has 5 rings (SSSR count). The summed E-state index contributed by atoms with van der Waals surface area (Å²) >= 11 is 0. The number of carbonyl (C=O) groups is 3. The second-order valence-corrected chi connectivity index (χ2v) is 12.5. The van der Waals surface area contributed by atoms with E-state index in [4.69, 9.17) is 15.0 Å². The van der Waals surface area contributed by atoms with Crippen molar-refractivity contribution in [3.05, 3.63) is 94.9 Å². The molecule has 13 nitrogen and oxygen atoms in total. The molecule has 0 bridgehead atoms. The summed E-state index contributed by atoms with van der Waals surface area (Å²) in [5.41, 5.74) is 10.1. The molecule has 1 aliphatic rings. The lowest BCUT2D eigenvalue weighted by Crippen LogP contribution is -2.49. The third-order valence-corrected chi connectivity index (χ3v) is 8.58. The number of nitrogen functional groups attached to an aromatic ring is 1. The Balaban J connectivity index is 1.34. The molecule has 3 aromatic carbocycles. The fourth-order valence-corrected chi connectivity index (χ4v) is 5.74. The van der Waals surface area contributed by atoms with Gasteiger partial charge in [0.1, 0.15) is 17.5 Å². The van der Waals surface area contributed by atoms with Gasteiger partial charge in [-0.3, -0.25) is 14.5 Å². The molecule has 3 atom stereocenters. The van der Waals surface area contributed by atoms with Crippen molar-refractivity contribution in [3.63, 3.8) is 0 Å². The highest BCUT2D eigenvalue weighted by Gasteiger charge is 2.34. The zero-order valence-corrected chi connectivity index (χ0v) is 28.3. The summed E-state index contributed by atoms with van der Waals surface area (Å²) in [6, 6.07) is 18.5. The van der Waals surface area contributed by atoms with Crippen LogP contribution in [0.4, 0.5) is 27.5 Å². The maximum atomic E-state index is 13.8. The number of rotatable bonds is 10. The van der Waals surface area contributed by atoms with Crippen LogP contribution < -0.4 is 26.4 Å². The van der Waals surface area contributed by atoms with E-state index in [0.29, 0.717) is 59.4 Å². The van der Waals surface area contributed by atoms with Crippen LogP contribution in [0.2, 0.25) is 0 Å². The average Bonchev–Trinajstić information content (AvgIpc) is 3.39. The van der Waals surface area contributed by atoms with Gasteiger partial charge in [-0.2, -0.15) is 0 Å². The number of hydrogen-bond donors (Lipinski definition) is 5. The molecular formula is C36H43N7O6. The quantitative estimate of drug-likeness (QED) is 0.144. The zero-order chi connectivity index (χ0) is 35.2. The number of fused-ring (bicyclic) bond motifs is 1. The first-order valence-corrected chi connectivity index (χ1v) is 16.1. The van der Waals surface area contributed by atoms with Crippen LogP contribution in [0.3, 0.4) is 0 Å². The number of nitrogens with two attached hydrogens (primary N) is 1. The van der Waals surface area contributed by atoms with Gasteiger partial charge in [0, 0.05) is 31.1 Å². The molecule has 0 radical (unpaired) electrons. The minimum Gasteiger partial charge on any atom is -0.486 e. The highest BCUT2D eigenvalue weighted by atomic mass is 16.5. The highest BCUT2D eigenvalue weighted by Crippen LogP contribution is 2.35. The van der Waals surface area contributed by atoms with Crippen LogP contribution in [0.5, 0.6) is 5.75 Å². The van der Waals surface area contributed by atoms with Gasteiger partial charge in [-0.05, 0) is 69.8 Å². The van der Waals surface area contributed by atoms with Crippen molar-refractivity contribution >= 4 is 40.6 Å². The lowest BCUT2D eigenvalue weighted by molar-refractivity contribution is 0.0343. The molecular weight excluding hydrogens is 626 g/mol. The van der Waals surface area contributed by atoms with E-state index in [-0.39, 0.29) is 35.7 Å². The number of carbonyl (C=O) groups excluding carboxylic acids is 3. The van der Waals surface area contributed by atoms with E-state index in [0.717, 1.165) is 5.56 Å². The van der Waals surface area contributed by atoms with Crippen LogP contribution in [0, 0.1) is 19.8 Å². The van der Waals surface area contributed by atoms with Gasteiger partial charge in [0.25, 0.3) is 11.8 Å². The number of aromatic nitrogens is 1. The Bertz CT molecular complexity index is 1790. The number of benzene rings is 3. The van der Waals surface area contributed by atoms with Crippen LogP contribution in [0.1, 0.15) is 51.6 Å². The number of aliphatic hydroxyl groups excluding tert-OH is 1. The average molecular weight is 670 g/mol. The number of urea groups is 1. The summed E-state index contributed by atoms with van der Waals surface area (Å²) in [5, 5.41) is 22.3. The van der Waals surface area contributed by atoms with E-state index in [1.54, 1.807) is 74.2 Å². The summed E-state index contributed by atoms with van der Waals surface area (Å²) < 4.78 is 11.8. The largest absolute Gasteiger partial charge is 0.486 e. The highest BCUT2D eigenvalue weighted by molar-refractivity contribution is 6.06. The number of amides is 4. The van der Waals surface area contributed by atoms with Gasteiger partial charge >= 0.3 is 6.03 Å². The molecule has 1 aromatic heterocycles. The van der Waals surface area contributed by atoms with Crippen molar-refractivity contribution in [2.45, 2.75) is 46.4 Å². The molecule has 0 saturated carbocycles. The van der Waals surface area contributed by atoms with Crippen LogP contribution in [0.25, 0.3) is 0 Å². The maximum absolute atomic E-state index is 13.8. The van der Waals surface area contributed by atoms with Crippen molar-refractivity contribution in [1.29, 1.82) is 0 Å². The van der Waals surface area contributed by atoms with E-state index in [1.165, 1.54) is 0 Å². The second kappa shape index (κ2) is 15.2. The third kappa shape index (κ3) is 8.19. The van der Waals surface area contributed by atoms with Crippen molar-refractivity contribution in [2.75, 3.05) is 48.4 Å². The number of nitrogens with zero attached hydrogens (tertiary/aromatic N) is 3. The predicted molar refractivity (Wildman–Crippen MR) is 188 cm³/mol. The molecule has 2 heterocycles. The molecule has 49 heavy (non-hydrogen) atoms. The van der Waals surface area contributed by atoms with E-state index < -0.39 is 18.2 Å². The molecule has 0 saturated heterocycles. The summed E-state index contributed by atoms with van der Waals surface area (Å²) in [7, 11) is 1.97. The maximum Gasteiger partial charge on any atom is 0.323 e. The number of hydrogen-bond acceptors (Lipinski definition) is 9. The van der Waals surface area contributed by atoms with E-state index in [2.05, 4.69) is 26.0 Å². The van der Waals surface area contributed by atoms with Gasteiger partial charge in [0.15, 0.2) is 11.5 Å². The minimum absolute atomic E-state index is 0.144. The Hall–Kier alpha value is -5.40. The summed E-state index contributed by atoms with van der Waals surface area (Å²) in [6.45, 7) is 8.41. The van der Waals surface area contributed by atoms with Crippen molar-refractivity contribution in [1.82, 2.24) is 15.0 Å². The number of para-hydroxylation sites is 3. The molecule has 258 valence electrons. The number of anilines is 4. The summed E-state index contributed by atoms with van der Waals surface area (Å²) in [4.78, 5) is 43.5. The third-order valence-electron chi connectivity index (χ3n) is 8.58. The standard InChI is InChI=1S/C36H43N7O6/c1-21-17-43(22(2)20-44)35(46)27-9-8-12-30(39-36(47)40-32-23(3)41-49-24(32)4)33(27)48-31(21)19-42(5)18-25-13-15-26(16-14-25)34(45)38-29-11-7-6-10-28(29)37/h6-16,21-22,31,44H,17-20,37H2,1-5H3,(H,38,45)(H2,39,40,47)/t21-,22-,31+/m0/s1. The second-order valence-electron chi connectivity index (χ2n) is 12.5. The smallest absolute Gasteiger partial charge is 0.323 e. The first-order valence-electron chi connectivity index (χ1n) is 16.1. The van der Waals surface area contributed by atoms with Gasteiger partial charge < -0.3 is 41.0 Å². The monoisotopic (exact) mass is 669 g/mol. The van der Waals surface area contributed by atoms with Gasteiger partial charge in [0.05, 0.1) is 35.3 Å². The normalized spacial score (nSPS) is 16.6. The van der Waals surface area contributed by atoms with Crippen LogP contribution in [-0.4, -0.2) is 76.8 Å². The van der Waals surface area contributed by atoms with Gasteiger partial charge in [-0.15, -0.1) is 0 Å². The molecule has 0 aliphatic carbocycles. The molecule has 0 fully saturated rings. The fraction of sp³-hybridized carbons (Fsp3) is 0.333. The Morgan fingerprint density at radius 3 is 2.43 bits per heavy atom. The lowest BCUT2D eigenvalue weighted by Gasteiger charge is -2.38. The predicted octanol–water partition coefficient (Wildman–Crippen LogP) is 5.12. The van der Waals surface area contributed by atoms with Crippen LogP contribution >= 0.6 is 0 Å². The molecule has 0 spiro atoms. The van der Waals surface area contributed by atoms with Crippen LogP contribution in [-0.2, 0) is 6.54 Å². The summed E-state index contributed by atoms with van der Waals surface area (Å²) in [5.74, 6) is 0.00623.